The largest absolute Gasteiger partial charge is 0.481 e. The fourth-order valence-electron chi connectivity index (χ4n) is 1.19. The highest BCUT2D eigenvalue weighted by Crippen LogP contribution is 2.12. The molecule has 3 heteroatoms. The van der Waals surface area contributed by atoms with Crippen LogP contribution >= 0.6 is 0 Å². The molecule has 0 amide bonds. The zero-order valence-corrected chi connectivity index (χ0v) is 8.42. The number of carbonyl (C=O) groups is 1. The van der Waals surface area contributed by atoms with Crippen LogP contribution < -0.4 is 0 Å². The Morgan fingerprint density at radius 3 is 2.31 bits per heavy atom. The van der Waals surface area contributed by atoms with Crippen LogP contribution in [0.15, 0.2) is 0 Å². The average molecular weight is 185 g/mol. The SMILES string of the molecule is CC(C)CCCCC(C=N)C(=O)O. The minimum Gasteiger partial charge on any atom is -0.481 e. The van der Waals surface area contributed by atoms with Crippen molar-refractivity contribution in [3.63, 3.8) is 0 Å². The molecule has 0 rings (SSSR count). The van der Waals surface area contributed by atoms with Gasteiger partial charge in [0.05, 0.1) is 5.92 Å². The standard InChI is InChI=1S/C10H19NO2/c1-8(2)5-3-4-6-9(7-11)10(12)13/h7-9,11H,3-6H2,1-2H3,(H,12,13). The quantitative estimate of drug-likeness (QED) is 0.473. The normalized spacial score (nSPS) is 12.8. The van der Waals surface area contributed by atoms with E-state index in [1.165, 1.54) is 0 Å². The van der Waals surface area contributed by atoms with E-state index in [9.17, 15) is 4.79 Å². The van der Waals surface area contributed by atoms with Crippen LogP contribution in [-0.2, 0) is 4.79 Å². The number of nitrogens with one attached hydrogen (secondary N) is 1. The van der Waals surface area contributed by atoms with Gasteiger partial charge in [-0.15, -0.1) is 0 Å². The summed E-state index contributed by atoms with van der Waals surface area (Å²) in [6, 6.07) is 0. The molecule has 2 N–H and O–H groups in total. The molecule has 0 saturated heterocycles. The lowest BCUT2D eigenvalue weighted by atomic mass is 9.99. The molecular formula is C10H19NO2. The summed E-state index contributed by atoms with van der Waals surface area (Å²) in [6.45, 7) is 4.32. The molecule has 0 aliphatic rings. The van der Waals surface area contributed by atoms with Gasteiger partial charge in [0.25, 0.3) is 0 Å². The molecule has 0 aromatic carbocycles. The van der Waals surface area contributed by atoms with E-state index in [1.54, 1.807) is 0 Å². The minimum atomic E-state index is -0.875. The maximum absolute atomic E-state index is 10.5. The lowest BCUT2D eigenvalue weighted by Crippen LogP contribution is -2.14. The second kappa shape index (κ2) is 6.63. The van der Waals surface area contributed by atoms with E-state index in [0.717, 1.165) is 25.5 Å². The van der Waals surface area contributed by atoms with Gasteiger partial charge in [0, 0.05) is 6.21 Å². The number of carboxylic acids is 1. The lowest BCUT2D eigenvalue weighted by Gasteiger charge is -2.07. The van der Waals surface area contributed by atoms with Gasteiger partial charge in [-0.1, -0.05) is 33.1 Å². The van der Waals surface area contributed by atoms with Crippen LogP contribution in [0.25, 0.3) is 0 Å². The Morgan fingerprint density at radius 2 is 1.92 bits per heavy atom. The predicted molar refractivity (Wildman–Crippen MR) is 53.2 cm³/mol. The van der Waals surface area contributed by atoms with E-state index in [0.29, 0.717) is 12.3 Å². The van der Waals surface area contributed by atoms with Crippen molar-refractivity contribution in [3.05, 3.63) is 0 Å². The summed E-state index contributed by atoms with van der Waals surface area (Å²) >= 11 is 0. The highest BCUT2D eigenvalue weighted by molar-refractivity contribution is 5.87. The first-order valence-electron chi connectivity index (χ1n) is 4.81. The Balaban J connectivity index is 3.50. The summed E-state index contributed by atoms with van der Waals surface area (Å²) < 4.78 is 0. The third kappa shape index (κ3) is 6.31. The van der Waals surface area contributed by atoms with Gasteiger partial charge in [-0.25, -0.2) is 0 Å². The smallest absolute Gasteiger partial charge is 0.311 e. The monoisotopic (exact) mass is 185 g/mol. The summed E-state index contributed by atoms with van der Waals surface area (Å²) in [5, 5.41) is 15.5. The van der Waals surface area contributed by atoms with Crippen LogP contribution in [0.2, 0.25) is 0 Å². The first-order valence-corrected chi connectivity index (χ1v) is 4.81. The number of hydrogen-bond acceptors (Lipinski definition) is 2. The van der Waals surface area contributed by atoms with Crippen molar-refractivity contribution in [3.8, 4) is 0 Å². The van der Waals surface area contributed by atoms with E-state index in [2.05, 4.69) is 13.8 Å². The van der Waals surface area contributed by atoms with Gasteiger partial charge in [0.2, 0.25) is 0 Å². The van der Waals surface area contributed by atoms with E-state index in [4.69, 9.17) is 10.5 Å². The molecule has 0 aliphatic heterocycles. The summed E-state index contributed by atoms with van der Waals surface area (Å²) in [7, 11) is 0. The highest BCUT2D eigenvalue weighted by Gasteiger charge is 2.12. The number of aliphatic carboxylic acids is 1. The van der Waals surface area contributed by atoms with E-state index in [1.807, 2.05) is 0 Å². The topological polar surface area (TPSA) is 61.2 Å². The summed E-state index contributed by atoms with van der Waals surface area (Å²) in [6.07, 6.45) is 4.74. The Kier molecular flexibility index (Phi) is 6.20. The first-order chi connectivity index (χ1) is 6.07. The number of hydrogen-bond donors (Lipinski definition) is 2. The van der Waals surface area contributed by atoms with Crippen molar-refractivity contribution in [2.75, 3.05) is 0 Å². The second-order valence-corrected chi connectivity index (χ2v) is 3.79. The van der Waals surface area contributed by atoms with Crippen molar-refractivity contribution in [1.29, 1.82) is 5.41 Å². The van der Waals surface area contributed by atoms with Crippen molar-refractivity contribution in [2.24, 2.45) is 11.8 Å². The number of rotatable bonds is 7. The van der Waals surface area contributed by atoms with Gasteiger partial charge >= 0.3 is 5.97 Å². The molecule has 0 bridgehead atoms. The molecule has 0 radical (unpaired) electrons. The van der Waals surface area contributed by atoms with Gasteiger partial charge in [-0.3, -0.25) is 4.79 Å². The summed E-state index contributed by atoms with van der Waals surface area (Å²) in [5.74, 6) is -0.769. The molecule has 1 unspecified atom stereocenters. The van der Waals surface area contributed by atoms with E-state index >= 15 is 0 Å². The Labute approximate surface area is 79.7 Å². The van der Waals surface area contributed by atoms with Crippen molar-refractivity contribution in [1.82, 2.24) is 0 Å². The second-order valence-electron chi connectivity index (χ2n) is 3.79. The molecule has 0 saturated carbocycles. The molecule has 0 spiro atoms. The third-order valence-corrected chi connectivity index (χ3v) is 2.06. The summed E-state index contributed by atoms with van der Waals surface area (Å²) in [4.78, 5) is 10.5. The molecule has 3 nitrogen and oxygen atoms in total. The van der Waals surface area contributed by atoms with Crippen molar-refractivity contribution >= 4 is 12.2 Å². The van der Waals surface area contributed by atoms with Crippen LogP contribution in [0.1, 0.15) is 39.5 Å². The van der Waals surface area contributed by atoms with Gasteiger partial charge in [0.1, 0.15) is 0 Å². The van der Waals surface area contributed by atoms with Gasteiger partial charge in [-0.05, 0) is 12.3 Å². The molecule has 0 aliphatic carbocycles. The van der Waals surface area contributed by atoms with Gasteiger partial charge in [-0.2, -0.15) is 0 Å². The maximum Gasteiger partial charge on any atom is 0.311 e. The third-order valence-electron chi connectivity index (χ3n) is 2.06. The van der Waals surface area contributed by atoms with Crippen LogP contribution in [-0.4, -0.2) is 17.3 Å². The molecule has 0 heterocycles. The predicted octanol–water partition coefficient (Wildman–Crippen LogP) is 2.55. The molecule has 13 heavy (non-hydrogen) atoms. The van der Waals surface area contributed by atoms with Crippen LogP contribution in [0.3, 0.4) is 0 Å². The van der Waals surface area contributed by atoms with Gasteiger partial charge < -0.3 is 10.5 Å². The van der Waals surface area contributed by atoms with Crippen LogP contribution in [0.5, 0.6) is 0 Å². The molecular weight excluding hydrogens is 166 g/mol. The Bertz CT molecular complexity index is 166. The van der Waals surface area contributed by atoms with Crippen LogP contribution in [0, 0.1) is 17.2 Å². The highest BCUT2D eigenvalue weighted by atomic mass is 16.4. The summed E-state index contributed by atoms with van der Waals surface area (Å²) in [5.41, 5.74) is 0. The fourth-order valence-corrected chi connectivity index (χ4v) is 1.19. The molecule has 0 aromatic heterocycles. The molecule has 76 valence electrons. The molecule has 0 fully saturated rings. The molecule has 0 aromatic rings. The zero-order chi connectivity index (χ0) is 10.3. The fraction of sp³-hybridized carbons (Fsp3) is 0.800. The Morgan fingerprint density at radius 1 is 1.38 bits per heavy atom. The van der Waals surface area contributed by atoms with E-state index < -0.39 is 11.9 Å². The average Bonchev–Trinajstić information content (AvgIpc) is 2.03. The zero-order valence-electron chi connectivity index (χ0n) is 8.42. The van der Waals surface area contributed by atoms with Gasteiger partial charge in [0.15, 0.2) is 0 Å². The minimum absolute atomic E-state index is 0.577. The number of unbranched alkanes of at least 4 members (excludes halogenated alkanes) is 1. The Hall–Kier alpha value is -0.860. The van der Waals surface area contributed by atoms with Crippen molar-refractivity contribution < 1.29 is 9.90 Å². The lowest BCUT2D eigenvalue weighted by molar-refractivity contribution is -0.139. The molecule has 1 atom stereocenters. The maximum atomic E-state index is 10.5. The number of carboxylic acid groups (broad SMARTS) is 1. The van der Waals surface area contributed by atoms with Crippen molar-refractivity contribution in [2.45, 2.75) is 39.5 Å². The van der Waals surface area contributed by atoms with E-state index in [-0.39, 0.29) is 0 Å². The van der Waals surface area contributed by atoms with Crippen LogP contribution in [0.4, 0.5) is 0 Å². The first kappa shape index (κ1) is 12.1.